The van der Waals surface area contributed by atoms with E-state index < -0.39 is 6.10 Å². The maximum Gasteiger partial charge on any atom is 0.306 e. The van der Waals surface area contributed by atoms with E-state index in [-0.39, 0.29) is 31.1 Å². The minimum absolute atomic E-state index is 0.0929. The molecule has 0 rings (SSSR count). The first-order valence-corrected chi connectivity index (χ1v) is 29.2. The lowest BCUT2D eigenvalue weighted by atomic mass is 10.1. The summed E-state index contributed by atoms with van der Waals surface area (Å²) in [6.45, 7) is 6.56. The number of esters is 3. The van der Waals surface area contributed by atoms with E-state index in [1.54, 1.807) is 0 Å². The van der Waals surface area contributed by atoms with E-state index in [4.69, 9.17) is 14.2 Å². The summed E-state index contributed by atoms with van der Waals surface area (Å²) >= 11 is 0. The van der Waals surface area contributed by atoms with Gasteiger partial charge in [-0.3, -0.25) is 14.4 Å². The summed E-state index contributed by atoms with van der Waals surface area (Å²) in [4.78, 5) is 38.2. The second-order valence-electron chi connectivity index (χ2n) is 19.3. The predicted molar refractivity (Wildman–Crippen MR) is 297 cm³/mol. The molecule has 0 N–H and O–H groups in total. The van der Waals surface area contributed by atoms with Crippen LogP contribution in [0.15, 0.2) is 85.1 Å². The average molecular weight is 962 g/mol. The zero-order chi connectivity index (χ0) is 50.0. The molecule has 6 heteroatoms. The number of carbonyl (C=O) groups excluding carboxylic acids is 3. The molecule has 0 aliphatic heterocycles. The van der Waals surface area contributed by atoms with Crippen LogP contribution in [0.5, 0.6) is 0 Å². The summed E-state index contributed by atoms with van der Waals surface area (Å²) in [7, 11) is 0. The van der Waals surface area contributed by atoms with Gasteiger partial charge in [0.2, 0.25) is 0 Å². The van der Waals surface area contributed by atoms with Crippen LogP contribution in [0, 0.1) is 0 Å². The molecule has 0 aliphatic carbocycles. The number of hydrogen-bond donors (Lipinski definition) is 0. The Hall–Kier alpha value is -3.41. The summed E-state index contributed by atoms with van der Waals surface area (Å²) < 4.78 is 16.8. The number of allylic oxidation sites excluding steroid dienone is 14. The van der Waals surface area contributed by atoms with Crippen molar-refractivity contribution < 1.29 is 28.6 Å². The van der Waals surface area contributed by atoms with Crippen LogP contribution < -0.4 is 0 Å². The van der Waals surface area contributed by atoms with E-state index in [0.717, 1.165) is 103 Å². The normalized spacial score (nSPS) is 12.7. The van der Waals surface area contributed by atoms with Crippen molar-refractivity contribution in [1.82, 2.24) is 0 Å². The summed E-state index contributed by atoms with van der Waals surface area (Å²) in [5, 5.41) is 0. The van der Waals surface area contributed by atoms with Crippen LogP contribution in [-0.2, 0) is 28.6 Å². The molecule has 0 aromatic heterocycles. The number of ether oxygens (including phenoxy) is 3. The first-order valence-electron chi connectivity index (χ1n) is 29.2. The zero-order valence-electron chi connectivity index (χ0n) is 45.3. The molecular weight excluding hydrogens is 853 g/mol. The van der Waals surface area contributed by atoms with Gasteiger partial charge in [-0.25, -0.2) is 0 Å². The average Bonchev–Trinajstić information content (AvgIpc) is 3.35. The van der Waals surface area contributed by atoms with Crippen LogP contribution in [0.1, 0.15) is 278 Å². The standard InChI is InChI=1S/C63H108O6/c1-4-7-10-13-16-19-22-25-28-30-32-35-38-41-44-47-50-53-56-62(65)68-59-60(58-67-61(64)55-52-49-46-43-40-37-34-27-24-21-18-15-12-9-6-3)69-63(66)57-54-51-48-45-42-39-36-33-31-29-26-23-20-17-14-11-8-5-2/h16,19,21-22,24-25,28-33,35-36,60H,4-15,17-18,20,23,26-27,34,37-59H2,1-3H3/b19-16-,24-21-,25-22-,30-28-,31-29-,35-32-,36-33-. The lowest BCUT2D eigenvalue weighted by Gasteiger charge is -2.18. The van der Waals surface area contributed by atoms with E-state index in [0.29, 0.717) is 19.3 Å². The van der Waals surface area contributed by atoms with Gasteiger partial charge in [0.25, 0.3) is 0 Å². The highest BCUT2D eigenvalue weighted by Crippen LogP contribution is 2.14. The second-order valence-corrected chi connectivity index (χ2v) is 19.3. The first-order chi connectivity index (χ1) is 34.0. The molecule has 0 aromatic carbocycles. The molecule has 1 unspecified atom stereocenters. The molecule has 69 heavy (non-hydrogen) atoms. The summed E-state index contributed by atoms with van der Waals surface area (Å²) in [5.41, 5.74) is 0. The molecule has 0 radical (unpaired) electrons. The van der Waals surface area contributed by atoms with Crippen LogP contribution in [0.4, 0.5) is 0 Å². The van der Waals surface area contributed by atoms with Crippen molar-refractivity contribution in [3.05, 3.63) is 85.1 Å². The summed E-state index contributed by atoms with van der Waals surface area (Å²) in [5.74, 6) is -0.930. The fourth-order valence-electron chi connectivity index (χ4n) is 8.03. The molecule has 396 valence electrons. The Kier molecular flexibility index (Phi) is 54.3. The van der Waals surface area contributed by atoms with Crippen molar-refractivity contribution in [3.63, 3.8) is 0 Å². The molecule has 0 spiro atoms. The summed E-state index contributed by atoms with van der Waals surface area (Å²) in [6.07, 6.45) is 74.2. The number of rotatable bonds is 52. The Morgan fingerprint density at radius 1 is 0.290 bits per heavy atom. The highest BCUT2D eigenvalue weighted by Gasteiger charge is 2.19. The maximum absolute atomic E-state index is 12.9. The fourth-order valence-corrected chi connectivity index (χ4v) is 8.03. The van der Waals surface area contributed by atoms with Gasteiger partial charge in [-0.15, -0.1) is 0 Å². The highest BCUT2D eigenvalue weighted by molar-refractivity contribution is 5.71. The Labute approximate surface area is 426 Å². The Morgan fingerprint density at radius 3 is 0.913 bits per heavy atom. The molecule has 1 atom stereocenters. The van der Waals surface area contributed by atoms with Gasteiger partial charge >= 0.3 is 17.9 Å². The molecule has 0 fully saturated rings. The molecular formula is C63H108O6. The zero-order valence-corrected chi connectivity index (χ0v) is 45.3. The third-order valence-electron chi connectivity index (χ3n) is 12.5. The van der Waals surface area contributed by atoms with Crippen LogP contribution in [0.2, 0.25) is 0 Å². The van der Waals surface area contributed by atoms with Gasteiger partial charge in [-0.1, -0.05) is 247 Å². The minimum atomic E-state index is -0.797. The van der Waals surface area contributed by atoms with E-state index in [9.17, 15) is 14.4 Å². The molecule has 6 nitrogen and oxygen atoms in total. The Morgan fingerprint density at radius 2 is 0.536 bits per heavy atom. The predicted octanol–water partition coefficient (Wildman–Crippen LogP) is 19.5. The van der Waals surface area contributed by atoms with Crippen molar-refractivity contribution in [1.29, 1.82) is 0 Å². The smallest absolute Gasteiger partial charge is 0.306 e. The van der Waals surface area contributed by atoms with E-state index in [1.165, 1.54) is 135 Å². The third-order valence-corrected chi connectivity index (χ3v) is 12.5. The van der Waals surface area contributed by atoms with E-state index in [2.05, 4.69) is 106 Å². The second kappa shape index (κ2) is 57.2. The van der Waals surface area contributed by atoms with Gasteiger partial charge in [0.05, 0.1) is 0 Å². The number of carbonyl (C=O) groups is 3. The molecule has 0 amide bonds. The SMILES string of the molecule is CCCCC\C=C/C=C\C=C/C=C\CCCCCCCC(=O)OCC(COC(=O)CCCCCCCCC/C=C\CCCCCC)OC(=O)CCCCCCC/C=C\C=C/CCCCCCCCC. The fraction of sp³-hybridized carbons (Fsp3) is 0.730. The van der Waals surface area contributed by atoms with Gasteiger partial charge in [-0.05, 0) is 96.3 Å². The van der Waals surface area contributed by atoms with Crippen molar-refractivity contribution in [2.75, 3.05) is 13.2 Å². The van der Waals surface area contributed by atoms with Gasteiger partial charge < -0.3 is 14.2 Å². The number of unbranched alkanes of at least 4 members (excludes halogenated alkanes) is 31. The topological polar surface area (TPSA) is 78.9 Å². The Balaban J connectivity index is 4.47. The highest BCUT2D eigenvalue weighted by atomic mass is 16.6. The summed E-state index contributed by atoms with van der Waals surface area (Å²) in [6, 6.07) is 0. The lowest BCUT2D eigenvalue weighted by molar-refractivity contribution is -0.167. The molecule has 0 aliphatic rings. The van der Waals surface area contributed by atoms with Crippen molar-refractivity contribution in [2.45, 2.75) is 284 Å². The quantitative estimate of drug-likeness (QED) is 0.0199. The number of hydrogen-bond acceptors (Lipinski definition) is 6. The monoisotopic (exact) mass is 961 g/mol. The van der Waals surface area contributed by atoms with Gasteiger partial charge in [-0.2, -0.15) is 0 Å². The van der Waals surface area contributed by atoms with Gasteiger partial charge in [0.1, 0.15) is 13.2 Å². The van der Waals surface area contributed by atoms with Crippen LogP contribution in [0.25, 0.3) is 0 Å². The molecule has 0 saturated heterocycles. The van der Waals surface area contributed by atoms with Crippen molar-refractivity contribution >= 4 is 17.9 Å². The molecule has 0 heterocycles. The van der Waals surface area contributed by atoms with Crippen LogP contribution >= 0.6 is 0 Å². The molecule has 0 bridgehead atoms. The van der Waals surface area contributed by atoms with Gasteiger partial charge in [0, 0.05) is 19.3 Å². The van der Waals surface area contributed by atoms with E-state index >= 15 is 0 Å². The largest absolute Gasteiger partial charge is 0.462 e. The maximum atomic E-state index is 12.9. The van der Waals surface area contributed by atoms with Gasteiger partial charge in [0.15, 0.2) is 6.10 Å². The first kappa shape index (κ1) is 65.6. The van der Waals surface area contributed by atoms with Crippen molar-refractivity contribution in [3.8, 4) is 0 Å². The van der Waals surface area contributed by atoms with Crippen LogP contribution in [0.3, 0.4) is 0 Å². The van der Waals surface area contributed by atoms with Crippen LogP contribution in [-0.4, -0.2) is 37.2 Å². The lowest BCUT2D eigenvalue weighted by Crippen LogP contribution is -2.30. The third kappa shape index (κ3) is 55.4. The molecule has 0 saturated carbocycles. The van der Waals surface area contributed by atoms with E-state index in [1.807, 2.05) is 0 Å². The minimum Gasteiger partial charge on any atom is -0.462 e. The molecule has 0 aromatic rings. The van der Waals surface area contributed by atoms with Crippen molar-refractivity contribution in [2.24, 2.45) is 0 Å². The Bertz CT molecular complexity index is 1330.